The number of hydrogen-bond donors (Lipinski definition) is 1. The third-order valence-electron chi connectivity index (χ3n) is 2.14. The number of hydrogen-bond acceptors (Lipinski definition) is 4. The van der Waals surface area contributed by atoms with Gasteiger partial charge in [-0.2, -0.15) is 0 Å². The predicted molar refractivity (Wildman–Crippen MR) is 61.9 cm³/mol. The molecule has 0 aromatic heterocycles. The first-order valence-electron chi connectivity index (χ1n) is 4.34. The lowest BCUT2D eigenvalue weighted by molar-refractivity contribution is -0.143. The topological polar surface area (TPSA) is 38.3 Å². The lowest BCUT2D eigenvalue weighted by atomic mass is 10.0. The van der Waals surface area contributed by atoms with Crippen LogP contribution in [0.1, 0.15) is 27.7 Å². The van der Waals surface area contributed by atoms with Gasteiger partial charge in [-0.1, -0.05) is 0 Å². The van der Waals surface area contributed by atoms with Crippen LogP contribution < -0.4 is 5.32 Å². The Bertz CT molecular complexity index is 231. The molecule has 1 rings (SSSR count). The van der Waals surface area contributed by atoms with Gasteiger partial charge in [0.1, 0.15) is 6.04 Å². The van der Waals surface area contributed by atoms with E-state index in [0.29, 0.717) is 0 Å². The number of rotatable bonds is 1. The van der Waals surface area contributed by atoms with Gasteiger partial charge in [-0.05, 0) is 27.7 Å². The fourth-order valence-corrected chi connectivity index (χ4v) is 3.49. The fourth-order valence-electron chi connectivity index (χ4n) is 1.73. The predicted octanol–water partition coefficient (Wildman–Crippen LogP) is 1.80. The molecule has 1 heterocycles. The molecule has 0 bridgehead atoms. The van der Waals surface area contributed by atoms with E-state index >= 15 is 0 Å². The summed E-state index contributed by atoms with van der Waals surface area (Å²) in [7, 11) is 1.43. The van der Waals surface area contributed by atoms with Gasteiger partial charge in [0.2, 0.25) is 0 Å². The standard InChI is InChI=1S/C9H17NO2S.ClH/c1-8(2)6(7(11)12-5)10-9(3,4)13-8;/h6,10H,1-5H3;1H. The van der Waals surface area contributed by atoms with E-state index < -0.39 is 0 Å². The van der Waals surface area contributed by atoms with Gasteiger partial charge in [0, 0.05) is 4.75 Å². The summed E-state index contributed by atoms with van der Waals surface area (Å²) in [6.07, 6.45) is 0. The molecule has 1 aliphatic heterocycles. The lowest BCUT2D eigenvalue weighted by Crippen LogP contribution is -2.47. The van der Waals surface area contributed by atoms with E-state index in [1.165, 1.54) is 7.11 Å². The van der Waals surface area contributed by atoms with Crippen molar-refractivity contribution in [3.8, 4) is 0 Å². The first kappa shape index (κ1) is 14.1. The molecular weight excluding hydrogens is 222 g/mol. The van der Waals surface area contributed by atoms with Crippen LogP contribution in [0.3, 0.4) is 0 Å². The second-order valence-corrected chi connectivity index (χ2v) is 6.59. The molecule has 1 fully saturated rings. The van der Waals surface area contributed by atoms with Crippen molar-refractivity contribution in [1.82, 2.24) is 5.32 Å². The molecule has 1 unspecified atom stereocenters. The Labute approximate surface area is 95.8 Å². The van der Waals surface area contributed by atoms with E-state index in [0.717, 1.165) is 0 Å². The van der Waals surface area contributed by atoms with Crippen LogP contribution in [0.15, 0.2) is 0 Å². The van der Waals surface area contributed by atoms with Crippen molar-refractivity contribution >= 4 is 30.1 Å². The van der Waals surface area contributed by atoms with Crippen LogP contribution in [0, 0.1) is 0 Å². The molecule has 1 N–H and O–H groups in total. The van der Waals surface area contributed by atoms with E-state index in [2.05, 4.69) is 33.0 Å². The van der Waals surface area contributed by atoms with Gasteiger partial charge < -0.3 is 4.74 Å². The Kier molecular flexibility index (Phi) is 4.31. The third kappa shape index (κ3) is 2.78. The van der Waals surface area contributed by atoms with Crippen LogP contribution >= 0.6 is 24.2 Å². The number of halogens is 1. The highest BCUT2D eigenvalue weighted by molar-refractivity contribution is 8.02. The molecule has 1 saturated heterocycles. The maximum atomic E-state index is 11.4. The molecule has 1 atom stereocenters. The Morgan fingerprint density at radius 1 is 1.36 bits per heavy atom. The van der Waals surface area contributed by atoms with Gasteiger partial charge in [-0.25, -0.2) is 0 Å². The Morgan fingerprint density at radius 3 is 2.14 bits per heavy atom. The molecule has 0 spiro atoms. The zero-order valence-electron chi connectivity index (χ0n) is 9.21. The van der Waals surface area contributed by atoms with Gasteiger partial charge in [0.15, 0.2) is 0 Å². The number of methoxy groups -OCH3 is 1. The van der Waals surface area contributed by atoms with Gasteiger partial charge in [-0.15, -0.1) is 24.2 Å². The summed E-state index contributed by atoms with van der Waals surface area (Å²) >= 11 is 1.76. The highest BCUT2D eigenvalue weighted by Gasteiger charge is 2.49. The Balaban J connectivity index is 0.00000169. The van der Waals surface area contributed by atoms with E-state index in [-0.39, 0.29) is 34.0 Å². The fraction of sp³-hybridized carbons (Fsp3) is 0.889. The number of ether oxygens (including phenoxy) is 1. The summed E-state index contributed by atoms with van der Waals surface area (Å²) in [5.74, 6) is -0.178. The van der Waals surface area contributed by atoms with Crippen molar-refractivity contribution in [2.45, 2.75) is 43.4 Å². The minimum absolute atomic E-state index is 0. The Hall–Kier alpha value is 0.0700. The maximum absolute atomic E-state index is 11.4. The van der Waals surface area contributed by atoms with Crippen LogP contribution in [-0.4, -0.2) is 28.7 Å². The third-order valence-corrected chi connectivity index (χ3v) is 3.53. The minimum Gasteiger partial charge on any atom is -0.468 e. The summed E-state index contributed by atoms with van der Waals surface area (Å²) in [6, 6.07) is -0.211. The summed E-state index contributed by atoms with van der Waals surface area (Å²) in [6.45, 7) is 8.26. The van der Waals surface area contributed by atoms with Crippen molar-refractivity contribution in [1.29, 1.82) is 0 Å². The van der Waals surface area contributed by atoms with E-state index in [1.807, 2.05) is 0 Å². The van der Waals surface area contributed by atoms with Crippen molar-refractivity contribution in [3.05, 3.63) is 0 Å². The Morgan fingerprint density at radius 2 is 1.86 bits per heavy atom. The average molecular weight is 240 g/mol. The number of thioether (sulfide) groups is 1. The van der Waals surface area contributed by atoms with Crippen LogP contribution in [0.5, 0.6) is 0 Å². The number of carbonyl (C=O) groups is 1. The van der Waals surface area contributed by atoms with Crippen molar-refractivity contribution < 1.29 is 9.53 Å². The molecule has 0 aromatic carbocycles. The second kappa shape index (κ2) is 4.29. The molecule has 3 nitrogen and oxygen atoms in total. The normalized spacial score (nSPS) is 27.9. The molecule has 84 valence electrons. The van der Waals surface area contributed by atoms with Crippen molar-refractivity contribution in [3.63, 3.8) is 0 Å². The van der Waals surface area contributed by atoms with Crippen LogP contribution in [0.25, 0.3) is 0 Å². The smallest absolute Gasteiger partial charge is 0.324 e. The SMILES string of the molecule is COC(=O)C1NC(C)(C)SC1(C)C.Cl. The first-order valence-corrected chi connectivity index (χ1v) is 5.16. The first-order chi connectivity index (χ1) is 5.78. The molecule has 0 saturated carbocycles. The lowest BCUT2D eigenvalue weighted by Gasteiger charge is -2.22. The number of esters is 1. The second-order valence-electron chi connectivity index (χ2n) is 4.32. The quantitative estimate of drug-likeness (QED) is 0.709. The summed E-state index contributed by atoms with van der Waals surface area (Å²) in [5.41, 5.74) is 0. The molecule has 0 amide bonds. The van der Waals surface area contributed by atoms with Crippen LogP contribution in [0.2, 0.25) is 0 Å². The van der Waals surface area contributed by atoms with Gasteiger partial charge >= 0.3 is 5.97 Å². The summed E-state index contributed by atoms with van der Waals surface area (Å²) in [5, 5.41) is 3.26. The molecule has 0 aromatic rings. The largest absolute Gasteiger partial charge is 0.468 e. The summed E-state index contributed by atoms with van der Waals surface area (Å²) < 4.78 is 4.65. The monoisotopic (exact) mass is 239 g/mol. The highest BCUT2D eigenvalue weighted by atomic mass is 35.5. The van der Waals surface area contributed by atoms with Crippen molar-refractivity contribution in [2.75, 3.05) is 7.11 Å². The van der Waals surface area contributed by atoms with E-state index in [4.69, 9.17) is 4.74 Å². The van der Waals surface area contributed by atoms with Crippen molar-refractivity contribution in [2.24, 2.45) is 0 Å². The van der Waals surface area contributed by atoms with Gasteiger partial charge in [-0.3, -0.25) is 10.1 Å². The van der Waals surface area contributed by atoms with E-state index in [1.54, 1.807) is 11.8 Å². The van der Waals surface area contributed by atoms with Gasteiger partial charge in [0.05, 0.1) is 12.0 Å². The minimum atomic E-state index is -0.211. The molecule has 14 heavy (non-hydrogen) atoms. The summed E-state index contributed by atoms with van der Waals surface area (Å²) in [4.78, 5) is 11.4. The molecule has 1 aliphatic rings. The molecule has 0 radical (unpaired) electrons. The molecule has 5 heteroatoms. The average Bonchev–Trinajstić information content (AvgIpc) is 2.17. The highest BCUT2D eigenvalue weighted by Crippen LogP contribution is 2.44. The molecule has 0 aliphatic carbocycles. The van der Waals surface area contributed by atoms with Gasteiger partial charge in [0.25, 0.3) is 0 Å². The van der Waals surface area contributed by atoms with E-state index in [9.17, 15) is 4.79 Å². The zero-order valence-corrected chi connectivity index (χ0v) is 10.8. The maximum Gasteiger partial charge on any atom is 0.324 e. The number of carbonyl (C=O) groups excluding carboxylic acids is 1. The zero-order chi connectivity index (χ0) is 10.3. The molecular formula is C9H18ClNO2S. The van der Waals surface area contributed by atoms with Crippen LogP contribution in [-0.2, 0) is 9.53 Å². The van der Waals surface area contributed by atoms with Crippen LogP contribution in [0.4, 0.5) is 0 Å². The number of nitrogens with one attached hydrogen (secondary N) is 1.